The van der Waals surface area contributed by atoms with Crippen molar-refractivity contribution in [3.63, 3.8) is 0 Å². The van der Waals surface area contributed by atoms with Gasteiger partial charge in [-0.05, 0) is 30.7 Å². The molecule has 1 rings (SSSR count). The van der Waals surface area contributed by atoms with Crippen LogP contribution in [0.2, 0.25) is 0 Å². The van der Waals surface area contributed by atoms with Crippen LogP contribution in [0.5, 0.6) is 0 Å². The number of hydrogen-bond donors (Lipinski definition) is 3. The van der Waals surface area contributed by atoms with Crippen molar-refractivity contribution in [3.05, 3.63) is 35.4 Å². The number of hydrogen-bond acceptors (Lipinski definition) is 4. The third-order valence-corrected chi connectivity index (χ3v) is 2.68. The summed E-state index contributed by atoms with van der Waals surface area (Å²) in [7, 11) is 1.50. The Labute approximate surface area is 111 Å². The average Bonchev–Trinajstić information content (AvgIpc) is 2.38. The van der Waals surface area contributed by atoms with Crippen molar-refractivity contribution in [1.82, 2.24) is 5.32 Å². The van der Waals surface area contributed by atoms with E-state index in [2.05, 4.69) is 5.32 Å². The van der Waals surface area contributed by atoms with Crippen LogP contribution in [0.3, 0.4) is 0 Å². The fraction of sp³-hybridized carbons (Fsp3) is 0.538. The molecule has 19 heavy (non-hydrogen) atoms. The molecule has 0 spiro atoms. The number of benzene rings is 1. The summed E-state index contributed by atoms with van der Waals surface area (Å²) < 4.78 is 30.5. The molecule has 0 heterocycles. The second-order valence-electron chi connectivity index (χ2n) is 4.29. The van der Waals surface area contributed by atoms with Gasteiger partial charge in [0.2, 0.25) is 0 Å². The van der Waals surface area contributed by atoms with Gasteiger partial charge in [-0.2, -0.15) is 0 Å². The van der Waals surface area contributed by atoms with Gasteiger partial charge in [0.25, 0.3) is 0 Å². The SMILES string of the molecule is COCC(O)CCNCC(O)c1ccc(F)c(F)c1. The molecule has 0 aliphatic heterocycles. The van der Waals surface area contributed by atoms with E-state index >= 15 is 0 Å². The smallest absolute Gasteiger partial charge is 0.159 e. The van der Waals surface area contributed by atoms with Crippen LogP contribution in [0, 0.1) is 11.6 Å². The van der Waals surface area contributed by atoms with Gasteiger partial charge in [0.1, 0.15) is 0 Å². The molecule has 2 atom stereocenters. The molecule has 0 aliphatic carbocycles. The van der Waals surface area contributed by atoms with Crippen LogP contribution in [-0.4, -0.2) is 43.1 Å². The maximum atomic E-state index is 13.0. The lowest BCUT2D eigenvalue weighted by atomic mass is 10.1. The summed E-state index contributed by atoms with van der Waals surface area (Å²) in [6, 6.07) is 3.29. The van der Waals surface area contributed by atoms with E-state index in [1.807, 2.05) is 0 Å². The van der Waals surface area contributed by atoms with Gasteiger partial charge >= 0.3 is 0 Å². The van der Waals surface area contributed by atoms with Gasteiger partial charge < -0.3 is 20.3 Å². The molecule has 0 aliphatic rings. The molecule has 0 amide bonds. The number of methoxy groups -OCH3 is 1. The minimum atomic E-state index is -0.980. The first-order valence-electron chi connectivity index (χ1n) is 6.05. The molecule has 0 saturated heterocycles. The number of nitrogens with one attached hydrogen (secondary N) is 1. The van der Waals surface area contributed by atoms with E-state index in [0.717, 1.165) is 12.1 Å². The van der Waals surface area contributed by atoms with Crippen LogP contribution in [-0.2, 0) is 4.74 Å². The molecule has 0 bridgehead atoms. The summed E-state index contributed by atoms with van der Waals surface area (Å²) in [5, 5.41) is 22.1. The van der Waals surface area contributed by atoms with Crippen molar-refractivity contribution in [1.29, 1.82) is 0 Å². The van der Waals surface area contributed by atoms with Gasteiger partial charge in [0.15, 0.2) is 11.6 Å². The number of aliphatic hydroxyl groups excluding tert-OH is 2. The molecule has 2 unspecified atom stereocenters. The standard InChI is InChI=1S/C13H19F2NO3/c1-19-8-10(17)4-5-16-7-13(18)9-2-3-11(14)12(15)6-9/h2-3,6,10,13,16-18H,4-5,7-8H2,1H3. The van der Waals surface area contributed by atoms with Gasteiger partial charge in [-0.25, -0.2) is 8.78 Å². The Morgan fingerprint density at radius 2 is 2.00 bits per heavy atom. The quantitative estimate of drug-likeness (QED) is 0.619. The van der Waals surface area contributed by atoms with Crippen molar-refractivity contribution >= 4 is 0 Å². The normalized spacial score (nSPS) is 14.4. The zero-order valence-electron chi connectivity index (χ0n) is 10.8. The highest BCUT2D eigenvalue weighted by atomic mass is 19.2. The highest BCUT2D eigenvalue weighted by Gasteiger charge is 2.11. The first kappa shape index (κ1) is 16.0. The second kappa shape index (κ2) is 8.16. The van der Waals surface area contributed by atoms with Gasteiger partial charge in [0.05, 0.1) is 18.8 Å². The molecule has 0 saturated carbocycles. The number of aliphatic hydroxyl groups is 2. The van der Waals surface area contributed by atoms with Crippen molar-refractivity contribution in [2.24, 2.45) is 0 Å². The lowest BCUT2D eigenvalue weighted by molar-refractivity contribution is 0.0586. The predicted octanol–water partition coefficient (Wildman–Crippen LogP) is 0.985. The van der Waals surface area contributed by atoms with E-state index in [1.165, 1.54) is 13.2 Å². The largest absolute Gasteiger partial charge is 0.391 e. The number of halogens is 2. The lowest BCUT2D eigenvalue weighted by Crippen LogP contribution is -2.27. The van der Waals surface area contributed by atoms with Gasteiger partial charge in [-0.15, -0.1) is 0 Å². The maximum Gasteiger partial charge on any atom is 0.159 e. The van der Waals surface area contributed by atoms with Gasteiger partial charge in [-0.3, -0.25) is 0 Å². The minimum Gasteiger partial charge on any atom is -0.391 e. The van der Waals surface area contributed by atoms with E-state index in [-0.39, 0.29) is 13.2 Å². The molecule has 108 valence electrons. The zero-order valence-corrected chi connectivity index (χ0v) is 10.8. The molecule has 0 fully saturated rings. The maximum absolute atomic E-state index is 13.0. The summed E-state index contributed by atoms with van der Waals surface area (Å²) in [6.07, 6.45) is -0.995. The molecule has 1 aromatic rings. The third-order valence-electron chi connectivity index (χ3n) is 2.68. The van der Waals surface area contributed by atoms with Crippen molar-refractivity contribution in [2.45, 2.75) is 18.6 Å². The molecule has 6 heteroatoms. The summed E-state index contributed by atoms with van der Waals surface area (Å²) in [5.41, 5.74) is 0.309. The highest BCUT2D eigenvalue weighted by Crippen LogP contribution is 2.15. The Kier molecular flexibility index (Phi) is 6.86. The summed E-state index contributed by atoms with van der Waals surface area (Å²) in [6.45, 7) is 0.948. The van der Waals surface area contributed by atoms with E-state index < -0.39 is 23.8 Å². The van der Waals surface area contributed by atoms with Crippen molar-refractivity contribution in [3.8, 4) is 0 Å². The Hall–Kier alpha value is -1.08. The van der Waals surface area contributed by atoms with Gasteiger partial charge in [0, 0.05) is 13.7 Å². The summed E-state index contributed by atoms with van der Waals surface area (Å²) in [4.78, 5) is 0. The van der Waals surface area contributed by atoms with E-state index in [0.29, 0.717) is 18.5 Å². The number of rotatable bonds is 8. The average molecular weight is 275 g/mol. The molecular weight excluding hydrogens is 256 g/mol. The molecule has 1 aromatic carbocycles. The Balaban J connectivity index is 2.31. The van der Waals surface area contributed by atoms with Gasteiger partial charge in [-0.1, -0.05) is 6.07 Å². The Bertz CT molecular complexity index is 390. The van der Waals surface area contributed by atoms with E-state index in [4.69, 9.17) is 4.74 Å². The topological polar surface area (TPSA) is 61.7 Å². The molecule has 4 nitrogen and oxygen atoms in total. The Morgan fingerprint density at radius 1 is 1.26 bits per heavy atom. The summed E-state index contributed by atoms with van der Waals surface area (Å²) >= 11 is 0. The molecule has 0 aromatic heterocycles. The fourth-order valence-electron chi connectivity index (χ4n) is 1.62. The van der Waals surface area contributed by atoms with Crippen molar-refractivity contribution in [2.75, 3.05) is 26.8 Å². The van der Waals surface area contributed by atoms with Crippen LogP contribution in [0.15, 0.2) is 18.2 Å². The van der Waals surface area contributed by atoms with Crippen LogP contribution in [0.25, 0.3) is 0 Å². The highest BCUT2D eigenvalue weighted by molar-refractivity contribution is 5.20. The number of ether oxygens (including phenoxy) is 1. The lowest BCUT2D eigenvalue weighted by Gasteiger charge is -2.14. The van der Waals surface area contributed by atoms with Crippen LogP contribution < -0.4 is 5.32 Å². The first-order valence-corrected chi connectivity index (χ1v) is 6.05. The molecule has 3 N–H and O–H groups in total. The Morgan fingerprint density at radius 3 is 2.63 bits per heavy atom. The van der Waals surface area contributed by atoms with Crippen LogP contribution in [0.1, 0.15) is 18.1 Å². The van der Waals surface area contributed by atoms with Crippen LogP contribution in [0.4, 0.5) is 8.78 Å². The van der Waals surface area contributed by atoms with Crippen LogP contribution >= 0.6 is 0 Å². The van der Waals surface area contributed by atoms with E-state index in [9.17, 15) is 19.0 Å². The summed E-state index contributed by atoms with van der Waals surface area (Å²) in [5.74, 6) is -1.92. The predicted molar refractivity (Wildman–Crippen MR) is 66.7 cm³/mol. The molecular formula is C13H19F2NO3. The second-order valence-corrected chi connectivity index (χ2v) is 4.29. The van der Waals surface area contributed by atoms with E-state index in [1.54, 1.807) is 0 Å². The fourth-order valence-corrected chi connectivity index (χ4v) is 1.62. The zero-order chi connectivity index (χ0) is 14.3. The first-order chi connectivity index (χ1) is 9.04. The third kappa shape index (κ3) is 5.61. The van der Waals surface area contributed by atoms with Crippen molar-refractivity contribution < 1.29 is 23.7 Å². The molecule has 0 radical (unpaired) electrons. The monoisotopic (exact) mass is 275 g/mol. The minimum absolute atomic E-state index is 0.199.